The van der Waals surface area contributed by atoms with E-state index in [2.05, 4.69) is 0 Å². The molecule has 0 radical (unpaired) electrons. The van der Waals surface area contributed by atoms with E-state index in [1.807, 2.05) is 0 Å². The number of rotatable bonds is 5. The van der Waals surface area contributed by atoms with Gasteiger partial charge in [-0.2, -0.15) is 0 Å². The highest BCUT2D eigenvalue weighted by Gasteiger charge is 2.11. The summed E-state index contributed by atoms with van der Waals surface area (Å²) in [5.74, 6) is 0.0792. The Bertz CT molecular complexity index is 464. The zero-order chi connectivity index (χ0) is 12.1. The van der Waals surface area contributed by atoms with Crippen molar-refractivity contribution in [1.29, 1.82) is 0 Å². The first kappa shape index (κ1) is 12.1. The Balaban J connectivity index is 2.75. The van der Waals surface area contributed by atoms with Gasteiger partial charge in [-0.05, 0) is 13.3 Å². The Hall–Kier alpha value is -1.98. The molecule has 1 aromatic heterocycles. The number of nitrogens with zero attached hydrogens (tertiary/aromatic N) is 2. The first-order chi connectivity index (χ1) is 7.50. The number of Topliss-reactive ketones (excluding diaryl/α,β-unsaturated/α-hetero) is 1. The molecule has 0 aromatic carbocycles. The summed E-state index contributed by atoms with van der Waals surface area (Å²) in [5.41, 5.74) is -1.04. The molecule has 0 spiro atoms. The Morgan fingerprint density at radius 2 is 2.25 bits per heavy atom. The summed E-state index contributed by atoms with van der Waals surface area (Å²) in [7, 11) is 0. The van der Waals surface area contributed by atoms with Crippen molar-refractivity contribution in [1.82, 2.24) is 4.57 Å². The van der Waals surface area contributed by atoms with Gasteiger partial charge < -0.3 is 9.36 Å². The van der Waals surface area contributed by atoms with Crippen molar-refractivity contribution in [2.45, 2.75) is 26.3 Å². The van der Waals surface area contributed by atoms with Gasteiger partial charge in [0.05, 0.1) is 11.1 Å². The topological polar surface area (TPSA) is 82.2 Å². The van der Waals surface area contributed by atoms with E-state index in [4.69, 9.17) is 0 Å². The fourth-order valence-electron chi connectivity index (χ4n) is 1.30. The van der Waals surface area contributed by atoms with Gasteiger partial charge in [0, 0.05) is 25.2 Å². The van der Waals surface area contributed by atoms with Crippen molar-refractivity contribution in [3.63, 3.8) is 0 Å². The van der Waals surface area contributed by atoms with Gasteiger partial charge in [0.2, 0.25) is 0 Å². The van der Waals surface area contributed by atoms with E-state index in [1.54, 1.807) is 4.57 Å². The van der Waals surface area contributed by atoms with E-state index in [0.717, 1.165) is 6.07 Å². The summed E-state index contributed by atoms with van der Waals surface area (Å²) in [6, 6.07) is 1.16. The fraction of sp³-hybridized carbons (Fsp3) is 0.400. The van der Waals surface area contributed by atoms with Gasteiger partial charge >= 0.3 is 5.69 Å². The van der Waals surface area contributed by atoms with Crippen LogP contribution in [0, 0.1) is 10.1 Å². The average Bonchev–Trinajstić information content (AvgIpc) is 2.19. The van der Waals surface area contributed by atoms with Crippen molar-refractivity contribution < 1.29 is 9.72 Å². The minimum atomic E-state index is -0.705. The molecular formula is C10H12N2O4. The number of nitro groups is 1. The Labute approximate surface area is 91.7 Å². The van der Waals surface area contributed by atoms with Gasteiger partial charge in [0.25, 0.3) is 5.43 Å². The third kappa shape index (κ3) is 3.30. The monoisotopic (exact) mass is 224 g/mol. The molecule has 0 aliphatic carbocycles. The summed E-state index contributed by atoms with van der Waals surface area (Å²) < 4.78 is 1.54. The number of pyridine rings is 1. The van der Waals surface area contributed by atoms with E-state index in [1.165, 1.54) is 19.3 Å². The van der Waals surface area contributed by atoms with Crippen LogP contribution >= 0.6 is 0 Å². The number of aryl methyl sites for hydroxylation is 1. The highest BCUT2D eigenvalue weighted by Crippen LogP contribution is 2.04. The standard InChI is InChI=1S/C10H12N2O4/c1-8(13)3-2-5-11-6-4-10(14)9(7-11)12(15)16/h4,6-7H,2-3,5H2,1H3. The quantitative estimate of drug-likeness (QED) is 0.554. The highest BCUT2D eigenvalue weighted by atomic mass is 16.6. The lowest BCUT2D eigenvalue weighted by Crippen LogP contribution is -2.11. The highest BCUT2D eigenvalue weighted by molar-refractivity contribution is 5.75. The molecule has 0 N–H and O–H groups in total. The van der Waals surface area contributed by atoms with E-state index in [-0.39, 0.29) is 5.78 Å². The number of carbonyl (C=O) groups excluding carboxylic acids is 1. The molecule has 1 heterocycles. The van der Waals surface area contributed by atoms with Crippen LogP contribution in [-0.4, -0.2) is 15.3 Å². The number of ketones is 1. The summed E-state index contributed by atoms with van der Waals surface area (Å²) in [6.07, 6.45) is 3.72. The lowest BCUT2D eigenvalue weighted by atomic mass is 10.2. The van der Waals surface area contributed by atoms with Crippen molar-refractivity contribution in [3.05, 3.63) is 38.8 Å². The molecule has 6 heteroatoms. The van der Waals surface area contributed by atoms with E-state index in [9.17, 15) is 19.7 Å². The lowest BCUT2D eigenvalue weighted by Gasteiger charge is -2.04. The number of hydrogen-bond donors (Lipinski definition) is 0. The summed E-state index contributed by atoms with van der Waals surface area (Å²) in [5, 5.41) is 10.5. The zero-order valence-electron chi connectivity index (χ0n) is 8.88. The summed E-state index contributed by atoms with van der Waals surface area (Å²) in [6.45, 7) is 1.98. The molecule has 0 saturated carbocycles. The first-order valence-corrected chi connectivity index (χ1v) is 4.84. The molecule has 6 nitrogen and oxygen atoms in total. The van der Waals surface area contributed by atoms with Crippen LogP contribution in [0.25, 0.3) is 0 Å². The molecule has 0 fully saturated rings. The van der Waals surface area contributed by atoms with Crippen LogP contribution in [0.3, 0.4) is 0 Å². The van der Waals surface area contributed by atoms with Crippen molar-refractivity contribution in [3.8, 4) is 0 Å². The molecular weight excluding hydrogens is 212 g/mol. The smallest absolute Gasteiger partial charge is 0.332 e. The van der Waals surface area contributed by atoms with Crippen LogP contribution in [0.15, 0.2) is 23.3 Å². The zero-order valence-corrected chi connectivity index (χ0v) is 8.88. The molecule has 0 amide bonds. The number of hydrogen-bond acceptors (Lipinski definition) is 4. The van der Waals surface area contributed by atoms with Crippen molar-refractivity contribution >= 4 is 11.5 Å². The molecule has 1 aromatic rings. The summed E-state index contributed by atoms with van der Waals surface area (Å²) >= 11 is 0. The van der Waals surface area contributed by atoms with Crippen LogP contribution < -0.4 is 5.43 Å². The second-order valence-corrected chi connectivity index (χ2v) is 3.49. The maximum Gasteiger partial charge on any atom is 0.332 e. The molecule has 0 bridgehead atoms. The van der Waals surface area contributed by atoms with Crippen LogP contribution in [0.5, 0.6) is 0 Å². The maximum atomic E-state index is 11.1. The second kappa shape index (κ2) is 5.20. The van der Waals surface area contributed by atoms with Gasteiger partial charge in [0.15, 0.2) is 0 Å². The molecule has 0 atom stereocenters. The number of carbonyl (C=O) groups is 1. The molecule has 1 rings (SSSR count). The first-order valence-electron chi connectivity index (χ1n) is 4.84. The molecule has 0 unspecified atom stereocenters. The van der Waals surface area contributed by atoms with Crippen LogP contribution in [0.4, 0.5) is 5.69 Å². The van der Waals surface area contributed by atoms with Crippen molar-refractivity contribution in [2.75, 3.05) is 0 Å². The van der Waals surface area contributed by atoms with Crippen LogP contribution in [0.2, 0.25) is 0 Å². The van der Waals surface area contributed by atoms with Crippen LogP contribution in [0.1, 0.15) is 19.8 Å². The average molecular weight is 224 g/mol. The van der Waals surface area contributed by atoms with Gasteiger partial charge in [-0.1, -0.05) is 0 Å². The molecule has 86 valence electrons. The molecule has 0 saturated heterocycles. The van der Waals surface area contributed by atoms with Gasteiger partial charge in [0.1, 0.15) is 5.78 Å². The largest absolute Gasteiger partial charge is 0.348 e. The third-order valence-corrected chi connectivity index (χ3v) is 2.10. The van der Waals surface area contributed by atoms with Gasteiger partial charge in [-0.15, -0.1) is 0 Å². The van der Waals surface area contributed by atoms with E-state index >= 15 is 0 Å². The molecule has 0 aliphatic rings. The predicted octanol–water partition coefficient (Wildman–Crippen LogP) is 1.13. The fourth-order valence-corrected chi connectivity index (χ4v) is 1.30. The van der Waals surface area contributed by atoms with Crippen LogP contribution in [-0.2, 0) is 11.3 Å². The predicted molar refractivity (Wildman–Crippen MR) is 57.3 cm³/mol. The maximum absolute atomic E-state index is 11.1. The minimum Gasteiger partial charge on any atom is -0.348 e. The Morgan fingerprint density at radius 1 is 1.56 bits per heavy atom. The van der Waals surface area contributed by atoms with E-state index < -0.39 is 16.0 Å². The van der Waals surface area contributed by atoms with E-state index in [0.29, 0.717) is 19.4 Å². The minimum absolute atomic E-state index is 0.0792. The van der Waals surface area contributed by atoms with Crippen molar-refractivity contribution in [2.24, 2.45) is 0 Å². The van der Waals surface area contributed by atoms with Gasteiger partial charge in [-0.25, -0.2) is 0 Å². The lowest BCUT2D eigenvalue weighted by molar-refractivity contribution is -0.386. The Morgan fingerprint density at radius 3 is 2.81 bits per heavy atom. The summed E-state index contributed by atoms with van der Waals surface area (Å²) in [4.78, 5) is 31.6. The Kier molecular flexibility index (Phi) is 3.93. The second-order valence-electron chi connectivity index (χ2n) is 3.49. The number of aromatic nitrogens is 1. The third-order valence-electron chi connectivity index (χ3n) is 2.10. The normalized spacial score (nSPS) is 10.1. The molecule has 0 aliphatic heterocycles. The SMILES string of the molecule is CC(=O)CCCn1ccc(=O)c([N+](=O)[O-])c1. The van der Waals surface area contributed by atoms with Gasteiger partial charge in [-0.3, -0.25) is 14.9 Å². The molecule has 16 heavy (non-hydrogen) atoms.